The molecule has 7 nitrogen and oxygen atoms in total. The second kappa shape index (κ2) is 8.76. The van der Waals surface area contributed by atoms with Crippen LogP contribution in [0, 0.1) is 0 Å². The van der Waals surface area contributed by atoms with Gasteiger partial charge in [0, 0.05) is 54.9 Å². The molecule has 1 amide bonds. The summed E-state index contributed by atoms with van der Waals surface area (Å²) in [4.78, 5) is 17.2. The summed E-state index contributed by atoms with van der Waals surface area (Å²) in [5.41, 5.74) is 1.39. The Hall–Kier alpha value is -2.16. The van der Waals surface area contributed by atoms with Crippen molar-refractivity contribution in [2.75, 3.05) is 48.2 Å². The number of nitrogens with zero attached hydrogens (tertiary/aromatic N) is 3. The van der Waals surface area contributed by atoms with Gasteiger partial charge in [0.1, 0.15) is 5.75 Å². The van der Waals surface area contributed by atoms with Crippen molar-refractivity contribution >= 4 is 50.5 Å². The molecule has 0 saturated carbocycles. The molecule has 0 bridgehead atoms. The lowest BCUT2D eigenvalue weighted by molar-refractivity contribution is -0.139. The third-order valence-corrected chi connectivity index (χ3v) is 7.14. The van der Waals surface area contributed by atoms with Crippen molar-refractivity contribution < 1.29 is 17.9 Å². The van der Waals surface area contributed by atoms with Crippen molar-refractivity contribution in [2.45, 2.75) is 12.5 Å². The Kier molecular flexibility index (Phi) is 6.23. The smallest absolute Gasteiger partial charge is 0.263 e. The number of ether oxygens (including phenoxy) is 1. The number of piperazine rings is 1. The van der Waals surface area contributed by atoms with Crippen molar-refractivity contribution in [3.05, 3.63) is 52.5 Å². The van der Waals surface area contributed by atoms with Gasteiger partial charge in [-0.2, -0.15) is 0 Å². The van der Waals surface area contributed by atoms with Gasteiger partial charge in [0.25, 0.3) is 5.91 Å². The summed E-state index contributed by atoms with van der Waals surface area (Å²) in [7, 11) is -3.54. The SMILES string of the molecule is CS(=O)(=O)N1CCC(C(=O)N2CCN(c3cccc(Cl)c3)CC2)Oc2ccc(Cl)cc21. The van der Waals surface area contributed by atoms with Crippen molar-refractivity contribution in [1.82, 2.24) is 4.90 Å². The minimum absolute atomic E-state index is 0.137. The van der Waals surface area contributed by atoms with Crippen LogP contribution >= 0.6 is 23.2 Å². The average Bonchev–Trinajstić information content (AvgIpc) is 2.92. The number of rotatable bonds is 3. The molecule has 0 aromatic heterocycles. The summed E-state index contributed by atoms with van der Waals surface area (Å²) in [6, 6.07) is 12.4. The highest BCUT2D eigenvalue weighted by molar-refractivity contribution is 7.92. The lowest BCUT2D eigenvalue weighted by Crippen LogP contribution is -2.52. The maximum atomic E-state index is 13.2. The number of carbonyl (C=O) groups excluding carboxylic acids is 1. The molecule has 2 aromatic rings. The quantitative estimate of drug-likeness (QED) is 0.669. The van der Waals surface area contributed by atoms with Crippen molar-refractivity contribution in [2.24, 2.45) is 0 Å². The summed E-state index contributed by atoms with van der Waals surface area (Å²) in [6.07, 6.45) is 0.631. The third-order valence-electron chi connectivity index (χ3n) is 5.49. The summed E-state index contributed by atoms with van der Waals surface area (Å²) < 4.78 is 31.8. The molecule has 0 radical (unpaired) electrons. The zero-order valence-corrected chi connectivity index (χ0v) is 19.3. The van der Waals surface area contributed by atoms with Crippen molar-refractivity contribution in [3.63, 3.8) is 0 Å². The van der Waals surface area contributed by atoms with Crippen LogP contribution in [0.15, 0.2) is 42.5 Å². The van der Waals surface area contributed by atoms with Gasteiger partial charge in [-0.25, -0.2) is 8.42 Å². The fraction of sp³-hybridized carbons (Fsp3) is 0.381. The number of benzene rings is 2. The zero-order chi connectivity index (χ0) is 22.2. The number of fused-ring (bicyclic) bond motifs is 1. The molecule has 2 aliphatic rings. The molecule has 2 aromatic carbocycles. The number of carbonyl (C=O) groups is 1. The number of hydrogen-bond acceptors (Lipinski definition) is 5. The maximum Gasteiger partial charge on any atom is 0.263 e. The fourth-order valence-electron chi connectivity index (χ4n) is 3.93. The van der Waals surface area contributed by atoms with Crippen LogP contribution in [-0.2, 0) is 14.8 Å². The molecular formula is C21H23Cl2N3O4S. The first kappa shape index (κ1) is 22.0. The minimum atomic E-state index is -3.54. The van der Waals surface area contributed by atoms with Gasteiger partial charge >= 0.3 is 0 Å². The van der Waals surface area contributed by atoms with E-state index in [0.29, 0.717) is 47.7 Å². The first-order chi connectivity index (χ1) is 14.7. The molecule has 1 saturated heterocycles. The Labute approximate surface area is 192 Å². The van der Waals surface area contributed by atoms with E-state index in [0.717, 1.165) is 11.9 Å². The van der Waals surface area contributed by atoms with Gasteiger partial charge in [-0.3, -0.25) is 9.10 Å². The maximum absolute atomic E-state index is 13.2. The molecule has 166 valence electrons. The second-order valence-electron chi connectivity index (χ2n) is 7.63. The van der Waals surface area contributed by atoms with Gasteiger partial charge in [0.15, 0.2) is 6.10 Å². The summed E-state index contributed by atoms with van der Waals surface area (Å²) in [6.45, 7) is 2.61. The van der Waals surface area contributed by atoms with Gasteiger partial charge in [0.2, 0.25) is 10.0 Å². The molecule has 2 heterocycles. The molecule has 4 rings (SSSR count). The second-order valence-corrected chi connectivity index (χ2v) is 10.4. The lowest BCUT2D eigenvalue weighted by Gasteiger charge is -2.37. The van der Waals surface area contributed by atoms with E-state index < -0.39 is 16.1 Å². The van der Waals surface area contributed by atoms with Crippen LogP contribution in [0.1, 0.15) is 6.42 Å². The average molecular weight is 484 g/mol. The van der Waals surface area contributed by atoms with Crippen LogP contribution in [0.5, 0.6) is 5.75 Å². The van der Waals surface area contributed by atoms with Gasteiger partial charge < -0.3 is 14.5 Å². The Balaban J connectivity index is 1.48. The van der Waals surface area contributed by atoms with Crippen LogP contribution in [-0.4, -0.2) is 64.3 Å². The summed E-state index contributed by atoms with van der Waals surface area (Å²) in [5.74, 6) is 0.199. The monoisotopic (exact) mass is 483 g/mol. The Bertz CT molecular complexity index is 1090. The van der Waals surface area contributed by atoms with Crippen molar-refractivity contribution in [1.29, 1.82) is 0 Å². The topological polar surface area (TPSA) is 70.2 Å². The minimum Gasteiger partial charge on any atom is -0.478 e. The Morgan fingerprint density at radius 3 is 2.39 bits per heavy atom. The standard InChI is InChI=1S/C21H23Cl2N3O4S/c1-31(28,29)26-8-7-20(30-19-6-5-16(23)14-18(19)26)21(27)25-11-9-24(10-12-25)17-4-2-3-15(22)13-17/h2-6,13-14,20H,7-12H2,1H3. The highest BCUT2D eigenvalue weighted by Crippen LogP contribution is 2.36. The van der Waals surface area contributed by atoms with Gasteiger partial charge in [-0.15, -0.1) is 0 Å². The highest BCUT2D eigenvalue weighted by atomic mass is 35.5. The van der Waals surface area contributed by atoms with E-state index >= 15 is 0 Å². The first-order valence-electron chi connectivity index (χ1n) is 9.95. The molecule has 1 unspecified atom stereocenters. The van der Waals surface area contributed by atoms with Crippen molar-refractivity contribution in [3.8, 4) is 5.75 Å². The van der Waals surface area contributed by atoms with Gasteiger partial charge in [-0.1, -0.05) is 29.3 Å². The van der Waals surface area contributed by atoms with Crippen LogP contribution in [0.2, 0.25) is 10.0 Å². The Morgan fingerprint density at radius 1 is 1.00 bits per heavy atom. The number of sulfonamides is 1. The normalized spacial score (nSPS) is 19.5. The first-order valence-corrected chi connectivity index (χ1v) is 12.6. The van der Waals surface area contributed by atoms with E-state index in [-0.39, 0.29) is 18.9 Å². The largest absolute Gasteiger partial charge is 0.478 e. The van der Waals surface area contributed by atoms with E-state index in [4.69, 9.17) is 27.9 Å². The zero-order valence-electron chi connectivity index (χ0n) is 17.0. The highest BCUT2D eigenvalue weighted by Gasteiger charge is 2.34. The lowest BCUT2D eigenvalue weighted by atomic mass is 10.2. The van der Waals surface area contributed by atoms with E-state index in [9.17, 15) is 13.2 Å². The van der Waals surface area contributed by atoms with Crippen LogP contribution < -0.4 is 13.9 Å². The summed E-state index contributed by atoms with van der Waals surface area (Å²) in [5, 5.41) is 1.08. The van der Waals surface area contributed by atoms with Gasteiger partial charge in [-0.05, 0) is 36.4 Å². The number of amides is 1. The summed E-state index contributed by atoms with van der Waals surface area (Å²) >= 11 is 12.2. The molecule has 0 aliphatic carbocycles. The van der Waals surface area contributed by atoms with E-state index in [1.54, 1.807) is 23.1 Å². The van der Waals surface area contributed by atoms with E-state index in [1.807, 2.05) is 24.3 Å². The van der Waals surface area contributed by atoms with E-state index in [1.165, 1.54) is 4.31 Å². The van der Waals surface area contributed by atoms with Gasteiger partial charge in [0.05, 0.1) is 11.9 Å². The molecule has 31 heavy (non-hydrogen) atoms. The number of anilines is 2. The Morgan fingerprint density at radius 2 is 1.71 bits per heavy atom. The van der Waals surface area contributed by atoms with Crippen LogP contribution in [0.4, 0.5) is 11.4 Å². The fourth-order valence-corrected chi connectivity index (χ4v) is 5.22. The van der Waals surface area contributed by atoms with Crippen LogP contribution in [0.3, 0.4) is 0 Å². The predicted octanol–water partition coefficient (Wildman–Crippen LogP) is 3.26. The number of halogens is 2. The molecule has 0 N–H and O–H groups in total. The molecule has 0 spiro atoms. The molecule has 1 fully saturated rings. The van der Waals surface area contributed by atoms with Crippen LogP contribution in [0.25, 0.3) is 0 Å². The molecule has 1 atom stereocenters. The number of hydrogen-bond donors (Lipinski definition) is 0. The predicted molar refractivity (Wildman–Crippen MR) is 123 cm³/mol. The molecular weight excluding hydrogens is 461 g/mol. The molecule has 10 heteroatoms. The molecule has 2 aliphatic heterocycles. The third kappa shape index (κ3) is 4.86. The van der Waals surface area contributed by atoms with E-state index in [2.05, 4.69) is 4.90 Å².